The van der Waals surface area contributed by atoms with E-state index in [1.807, 2.05) is 6.92 Å². The maximum absolute atomic E-state index is 11.5. The van der Waals surface area contributed by atoms with Crippen molar-refractivity contribution in [2.45, 2.75) is 19.9 Å². The Balaban J connectivity index is 2.32. The van der Waals surface area contributed by atoms with Gasteiger partial charge in [0.2, 0.25) is 5.91 Å². The van der Waals surface area contributed by atoms with Crippen LogP contribution in [0.5, 0.6) is 0 Å². The Morgan fingerprint density at radius 1 is 1.20 bits per heavy atom. The Hall–Kier alpha value is -1.15. The Kier molecular flexibility index (Phi) is 6.94. The van der Waals surface area contributed by atoms with Gasteiger partial charge < -0.3 is 5.32 Å². The average Bonchev–Trinajstić information content (AvgIpc) is 2.42. The van der Waals surface area contributed by atoms with Crippen molar-refractivity contribution < 1.29 is 13.2 Å². The average molecular weight is 320 g/mol. The molecule has 20 heavy (non-hydrogen) atoms. The van der Waals surface area contributed by atoms with E-state index in [4.69, 9.17) is 11.6 Å². The van der Waals surface area contributed by atoms with Gasteiger partial charge in [-0.05, 0) is 24.1 Å². The number of carbonyl (C=O) groups excluding carboxylic acids is 1. The predicted molar refractivity (Wildman–Crippen MR) is 78.5 cm³/mol. The van der Waals surface area contributed by atoms with Gasteiger partial charge in [0.15, 0.2) is 0 Å². The fourth-order valence-corrected chi connectivity index (χ4v) is 2.34. The molecule has 6 nitrogen and oxygen atoms in total. The largest absolute Gasteiger partial charge is 0.351 e. The minimum atomic E-state index is -3.61. The Bertz CT molecular complexity index is 531. The van der Waals surface area contributed by atoms with E-state index in [1.54, 1.807) is 24.3 Å². The molecule has 1 rings (SSSR count). The van der Waals surface area contributed by atoms with Gasteiger partial charge in [-0.25, -0.2) is 4.72 Å². The van der Waals surface area contributed by atoms with Gasteiger partial charge in [0.05, 0.1) is 6.54 Å². The molecule has 3 N–H and O–H groups in total. The van der Waals surface area contributed by atoms with Crippen LogP contribution in [0.25, 0.3) is 0 Å². The zero-order valence-electron chi connectivity index (χ0n) is 11.1. The second-order valence-corrected chi connectivity index (χ2v) is 6.14. The number of halogens is 1. The molecule has 0 atom stereocenters. The first-order valence-electron chi connectivity index (χ1n) is 6.18. The fourth-order valence-electron chi connectivity index (χ4n) is 1.31. The Morgan fingerprint density at radius 3 is 2.45 bits per heavy atom. The molecule has 0 aliphatic carbocycles. The second kappa shape index (κ2) is 8.21. The van der Waals surface area contributed by atoms with Crippen LogP contribution >= 0.6 is 11.6 Å². The summed E-state index contributed by atoms with van der Waals surface area (Å²) < 4.78 is 27.3. The van der Waals surface area contributed by atoms with Crippen molar-refractivity contribution in [1.29, 1.82) is 0 Å². The lowest BCUT2D eigenvalue weighted by Gasteiger charge is -2.08. The number of carbonyl (C=O) groups is 1. The van der Waals surface area contributed by atoms with Crippen molar-refractivity contribution in [3.8, 4) is 0 Å². The monoisotopic (exact) mass is 319 g/mol. The van der Waals surface area contributed by atoms with Crippen molar-refractivity contribution >= 4 is 27.7 Å². The van der Waals surface area contributed by atoms with Gasteiger partial charge in [-0.3, -0.25) is 4.79 Å². The molecule has 0 aliphatic rings. The van der Waals surface area contributed by atoms with Crippen molar-refractivity contribution in [2.24, 2.45) is 0 Å². The van der Waals surface area contributed by atoms with Crippen LogP contribution in [-0.2, 0) is 21.5 Å². The number of rotatable bonds is 8. The number of hydrogen-bond donors (Lipinski definition) is 3. The molecule has 0 fully saturated rings. The maximum Gasteiger partial charge on any atom is 0.277 e. The van der Waals surface area contributed by atoms with Gasteiger partial charge >= 0.3 is 0 Å². The predicted octanol–water partition coefficient (Wildman–Crippen LogP) is 0.790. The van der Waals surface area contributed by atoms with Crippen molar-refractivity contribution in [3.63, 3.8) is 0 Å². The van der Waals surface area contributed by atoms with Crippen LogP contribution in [0.1, 0.15) is 18.9 Å². The van der Waals surface area contributed by atoms with Crippen LogP contribution < -0.4 is 14.8 Å². The van der Waals surface area contributed by atoms with Gasteiger partial charge in [0.1, 0.15) is 0 Å². The van der Waals surface area contributed by atoms with E-state index >= 15 is 0 Å². The molecule has 8 heteroatoms. The van der Waals surface area contributed by atoms with Crippen LogP contribution in [0.3, 0.4) is 0 Å². The van der Waals surface area contributed by atoms with Crippen molar-refractivity contribution in [3.05, 3.63) is 34.9 Å². The maximum atomic E-state index is 11.5. The van der Waals surface area contributed by atoms with Gasteiger partial charge in [-0.15, -0.1) is 0 Å². The molecule has 0 spiro atoms. The number of amides is 1. The van der Waals surface area contributed by atoms with Crippen LogP contribution in [0.15, 0.2) is 24.3 Å². The van der Waals surface area contributed by atoms with E-state index in [1.165, 1.54) is 0 Å². The van der Waals surface area contributed by atoms with E-state index in [-0.39, 0.29) is 6.54 Å². The van der Waals surface area contributed by atoms with E-state index in [0.29, 0.717) is 24.5 Å². The number of hydrogen-bond acceptors (Lipinski definition) is 3. The molecular weight excluding hydrogens is 302 g/mol. The Labute approximate surface area is 124 Å². The zero-order valence-corrected chi connectivity index (χ0v) is 12.7. The highest BCUT2D eigenvalue weighted by Crippen LogP contribution is 2.08. The molecule has 0 saturated carbocycles. The van der Waals surface area contributed by atoms with Crippen LogP contribution in [-0.4, -0.2) is 27.4 Å². The minimum absolute atomic E-state index is 0.299. The molecule has 0 aliphatic heterocycles. The van der Waals surface area contributed by atoms with E-state index in [9.17, 15) is 13.2 Å². The topological polar surface area (TPSA) is 87.3 Å². The highest BCUT2D eigenvalue weighted by Gasteiger charge is 2.10. The fraction of sp³-hybridized carbons (Fsp3) is 0.417. The van der Waals surface area contributed by atoms with Gasteiger partial charge in [-0.2, -0.15) is 13.1 Å². The smallest absolute Gasteiger partial charge is 0.277 e. The lowest BCUT2D eigenvalue weighted by Crippen LogP contribution is -2.42. The third kappa shape index (κ3) is 6.85. The first-order valence-corrected chi connectivity index (χ1v) is 8.04. The van der Waals surface area contributed by atoms with E-state index in [0.717, 1.165) is 5.56 Å². The number of benzene rings is 1. The molecule has 0 bridgehead atoms. The lowest BCUT2D eigenvalue weighted by molar-refractivity contribution is -0.120. The summed E-state index contributed by atoms with van der Waals surface area (Å²) in [6.45, 7) is 2.20. The summed E-state index contributed by atoms with van der Waals surface area (Å²) in [5.41, 5.74) is 0.884. The molecule has 1 aromatic rings. The molecule has 1 aromatic carbocycles. The summed E-state index contributed by atoms with van der Waals surface area (Å²) in [5.74, 6) is -0.401. The van der Waals surface area contributed by atoms with Crippen molar-refractivity contribution in [1.82, 2.24) is 14.8 Å². The molecule has 0 radical (unpaired) electrons. The zero-order chi connectivity index (χ0) is 15.0. The third-order valence-corrected chi connectivity index (χ3v) is 3.73. The molecule has 0 heterocycles. The molecule has 0 saturated heterocycles. The van der Waals surface area contributed by atoms with Gasteiger partial charge in [0.25, 0.3) is 10.2 Å². The first kappa shape index (κ1) is 16.9. The van der Waals surface area contributed by atoms with Crippen LogP contribution in [0, 0.1) is 0 Å². The van der Waals surface area contributed by atoms with Crippen LogP contribution in [0.4, 0.5) is 0 Å². The lowest BCUT2D eigenvalue weighted by atomic mass is 10.2. The molecule has 112 valence electrons. The Morgan fingerprint density at radius 2 is 1.85 bits per heavy atom. The molecule has 1 amide bonds. The highest BCUT2D eigenvalue weighted by molar-refractivity contribution is 7.87. The summed E-state index contributed by atoms with van der Waals surface area (Å²) in [6.07, 6.45) is 0.684. The minimum Gasteiger partial charge on any atom is -0.351 e. The van der Waals surface area contributed by atoms with Gasteiger partial charge in [-0.1, -0.05) is 30.7 Å². The quantitative estimate of drug-likeness (QED) is 0.662. The summed E-state index contributed by atoms with van der Waals surface area (Å²) in [5, 5.41) is 3.23. The van der Waals surface area contributed by atoms with Gasteiger partial charge in [0, 0.05) is 18.1 Å². The first-order chi connectivity index (χ1) is 9.43. The third-order valence-electron chi connectivity index (χ3n) is 2.37. The second-order valence-electron chi connectivity index (χ2n) is 4.12. The van der Waals surface area contributed by atoms with Crippen LogP contribution in [0.2, 0.25) is 5.02 Å². The summed E-state index contributed by atoms with van der Waals surface area (Å²) in [7, 11) is -3.61. The van der Waals surface area contributed by atoms with E-state index < -0.39 is 16.1 Å². The molecular formula is C12H18ClN3O3S. The summed E-state index contributed by atoms with van der Waals surface area (Å²) >= 11 is 5.74. The summed E-state index contributed by atoms with van der Waals surface area (Å²) in [6, 6.07) is 7.02. The van der Waals surface area contributed by atoms with Crippen molar-refractivity contribution in [2.75, 3.05) is 13.1 Å². The standard InChI is InChI=1S/C12H18ClN3O3S/c1-2-7-15-20(18,19)16-9-12(17)14-8-10-3-5-11(13)6-4-10/h3-6,15-16H,2,7-9H2,1H3,(H,14,17). The molecule has 0 unspecified atom stereocenters. The number of nitrogens with one attached hydrogen (secondary N) is 3. The van der Waals surface area contributed by atoms with E-state index in [2.05, 4.69) is 14.8 Å². The SMILES string of the molecule is CCCNS(=O)(=O)NCC(=O)NCc1ccc(Cl)cc1. The normalized spacial score (nSPS) is 11.3. The molecule has 0 aromatic heterocycles. The highest BCUT2D eigenvalue weighted by atomic mass is 35.5. The summed E-state index contributed by atoms with van der Waals surface area (Å²) in [4.78, 5) is 11.5.